The molecule has 1 aromatic carbocycles. The average Bonchev–Trinajstić information content (AvgIpc) is 2.86. The van der Waals surface area contributed by atoms with Crippen LogP contribution in [0.3, 0.4) is 0 Å². The first-order chi connectivity index (χ1) is 8.31. The van der Waals surface area contributed by atoms with Crippen molar-refractivity contribution in [3.05, 3.63) is 36.2 Å². The Balaban J connectivity index is 2.14. The first kappa shape index (κ1) is 11.2. The number of tetrazole rings is 1. The van der Waals surface area contributed by atoms with E-state index in [1.54, 1.807) is 0 Å². The van der Waals surface area contributed by atoms with Crippen molar-refractivity contribution >= 4 is 5.91 Å². The fourth-order valence-corrected chi connectivity index (χ4v) is 1.24. The number of rotatable bonds is 4. The second kappa shape index (κ2) is 5.17. The van der Waals surface area contributed by atoms with Crippen molar-refractivity contribution in [3.63, 3.8) is 0 Å². The third-order valence-electron chi connectivity index (χ3n) is 2.03. The summed E-state index contributed by atoms with van der Waals surface area (Å²) in [5.41, 5.74) is 6.02. The van der Waals surface area contributed by atoms with E-state index in [1.807, 2.05) is 30.3 Å². The summed E-state index contributed by atoms with van der Waals surface area (Å²) in [6.07, 6.45) is 0. The largest absolute Gasteiger partial charge is 0.348 e. The number of hydrogen-bond donors (Lipinski definition) is 2. The number of aromatic nitrogens is 4. The van der Waals surface area contributed by atoms with Gasteiger partial charge in [0.25, 0.3) is 11.7 Å². The zero-order valence-corrected chi connectivity index (χ0v) is 9.08. The number of carbonyl (C=O) groups is 1. The Hall–Kier alpha value is -2.28. The summed E-state index contributed by atoms with van der Waals surface area (Å²) in [5.74, 6) is -0.347. The van der Waals surface area contributed by atoms with Crippen LogP contribution in [-0.2, 0) is 0 Å². The van der Waals surface area contributed by atoms with E-state index in [-0.39, 0.29) is 11.7 Å². The van der Waals surface area contributed by atoms with Gasteiger partial charge in [0.05, 0.1) is 5.69 Å². The number of nitrogens with one attached hydrogen (secondary N) is 1. The number of carbonyl (C=O) groups excluding carboxylic acids is 1. The van der Waals surface area contributed by atoms with Crippen LogP contribution in [0.5, 0.6) is 0 Å². The Kier molecular flexibility index (Phi) is 3.41. The fourth-order valence-electron chi connectivity index (χ4n) is 1.24. The molecule has 0 radical (unpaired) electrons. The molecular formula is C10H12N6O. The molecule has 0 spiro atoms. The van der Waals surface area contributed by atoms with Gasteiger partial charge in [-0.2, -0.15) is 0 Å². The molecule has 0 fully saturated rings. The van der Waals surface area contributed by atoms with E-state index in [9.17, 15) is 4.79 Å². The molecule has 0 atom stereocenters. The molecule has 17 heavy (non-hydrogen) atoms. The minimum absolute atomic E-state index is 0.0299. The van der Waals surface area contributed by atoms with Crippen LogP contribution in [0.25, 0.3) is 5.69 Å². The summed E-state index contributed by atoms with van der Waals surface area (Å²) >= 11 is 0. The van der Waals surface area contributed by atoms with Crippen molar-refractivity contribution in [2.45, 2.75) is 0 Å². The van der Waals surface area contributed by atoms with Crippen LogP contribution in [0, 0.1) is 0 Å². The molecule has 0 saturated heterocycles. The Morgan fingerprint density at radius 2 is 2.12 bits per heavy atom. The highest BCUT2D eigenvalue weighted by Gasteiger charge is 2.12. The summed E-state index contributed by atoms with van der Waals surface area (Å²) in [5, 5.41) is 14.0. The first-order valence-corrected chi connectivity index (χ1v) is 5.15. The molecule has 88 valence electrons. The zero-order chi connectivity index (χ0) is 12.1. The molecular weight excluding hydrogens is 220 g/mol. The van der Waals surface area contributed by atoms with Gasteiger partial charge in [-0.15, -0.1) is 15.0 Å². The monoisotopic (exact) mass is 232 g/mol. The predicted molar refractivity (Wildman–Crippen MR) is 60.5 cm³/mol. The van der Waals surface area contributed by atoms with E-state index < -0.39 is 0 Å². The van der Waals surface area contributed by atoms with Crippen LogP contribution in [0.4, 0.5) is 0 Å². The number of hydrogen-bond acceptors (Lipinski definition) is 5. The maximum Gasteiger partial charge on any atom is 0.292 e. The number of benzene rings is 1. The van der Waals surface area contributed by atoms with Gasteiger partial charge in [-0.3, -0.25) is 4.79 Å². The third-order valence-corrected chi connectivity index (χ3v) is 2.03. The van der Waals surface area contributed by atoms with Crippen molar-refractivity contribution in [2.24, 2.45) is 5.73 Å². The molecule has 0 aliphatic carbocycles. The van der Waals surface area contributed by atoms with E-state index in [4.69, 9.17) is 5.73 Å². The highest BCUT2D eigenvalue weighted by atomic mass is 16.2. The molecule has 0 saturated carbocycles. The van der Waals surface area contributed by atoms with Gasteiger partial charge in [-0.1, -0.05) is 18.2 Å². The van der Waals surface area contributed by atoms with Gasteiger partial charge in [-0.05, 0) is 17.3 Å². The quantitative estimate of drug-likeness (QED) is 0.730. The molecule has 0 unspecified atom stereocenters. The van der Waals surface area contributed by atoms with Crippen LogP contribution in [0.1, 0.15) is 10.6 Å². The maximum atomic E-state index is 11.5. The lowest BCUT2D eigenvalue weighted by molar-refractivity contribution is 0.0944. The van der Waals surface area contributed by atoms with E-state index >= 15 is 0 Å². The lowest BCUT2D eigenvalue weighted by Gasteiger charge is -1.98. The Morgan fingerprint density at radius 1 is 1.35 bits per heavy atom. The van der Waals surface area contributed by atoms with Crippen molar-refractivity contribution in [3.8, 4) is 5.69 Å². The van der Waals surface area contributed by atoms with E-state index in [0.717, 1.165) is 5.69 Å². The van der Waals surface area contributed by atoms with Crippen LogP contribution in [-0.4, -0.2) is 39.2 Å². The van der Waals surface area contributed by atoms with Gasteiger partial charge in [0.2, 0.25) is 0 Å². The van der Waals surface area contributed by atoms with Crippen molar-refractivity contribution < 1.29 is 4.79 Å². The highest BCUT2D eigenvalue weighted by Crippen LogP contribution is 2.02. The minimum atomic E-state index is -0.377. The Labute approximate surface area is 97.6 Å². The Bertz CT molecular complexity index is 495. The summed E-state index contributed by atoms with van der Waals surface area (Å²) in [7, 11) is 0. The Morgan fingerprint density at radius 3 is 2.82 bits per heavy atom. The summed E-state index contributed by atoms with van der Waals surface area (Å²) in [4.78, 5) is 12.8. The fraction of sp³-hybridized carbons (Fsp3) is 0.200. The lowest BCUT2D eigenvalue weighted by Crippen LogP contribution is -2.29. The number of amides is 1. The molecule has 2 aromatic rings. The predicted octanol–water partition coefficient (Wildman–Crippen LogP) is -0.649. The van der Waals surface area contributed by atoms with Crippen LogP contribution in [0.15, 0.2) is 30.3 Å². The molecule has 7 nitrogen and oxygen atoms in total. The summed E-state index contributed by atoms with van der Waals surface area (Å²) < 4.78 is 0. The zero-order valence-electron chi connectivity index (χ0n) is 9.08. The molecule has 0 aliphatic heterocycles. The van der Waals surface area contributed by atoms with Crippen LogP contribution < -0.4 is 11.1 Å². The standard InChI is InChI=1S/C10H12N6O/c11-6-7-12-10(17)9-13-15-16(14-9)8-4-2-1-3-5-8/h1-5H,6-7,11H2,(H,12,17). The van der Waals surface area contributed by atoms with E-state index in [2.05, 4.69) is 20.7 Å². The molecule has 0 bridgehead atoms. The molecule has 7 heteroatoms. The molecule has 1 heterocycles. The number of nitrogens with two attached hydrogens (primary N) is 1. The molecule has 1 amide bonds. The molecule has 2 rings (SSSR count). The van der Waals surface area contributed by atoms with E-state index in [1.165, 1.54) is 4.80 Å². The third kappa shape index (κ3) is 2.64. The van der Waals surface area contributed by atoms with Crippen molar-refractivity contribution in [1.82, 2.24) is 25.5 Å². The SMILES string of the molecule is NCCNC(=O)c1nnn(-c2ccccc2)n1. The molecule has 0 aliphatic rings. The first-order valence-electron chi connectivity index (χ1n) is 5.15. The smallest absolute Gasteiger partial charge is 0.292 e. The van der Waals surface area contributed by atoms with Crippen LogP contribution >= 0.6 is 0 Å². The molecule has 3 N–H and O–H groups in total. The minimum Gasteiger partial charge on any atom is -0.348 e. The molecule has 1 aromatic heterocycles. The van der Waals surface area contributed by atoms with Crippen molar-refractivity contribution in [2.75, 3.05) is 13.1 Å². The average molecular weight is 232 g/mol. The highest BCUT2D eigenvalue weighted by molar-refractivity contribution is 5.90. The lowest BCUT2D eigenvalue weighted by atomic mass is 10.3. The second-order valence-electron chi connectivity index (χ2n) is 3.28. The van der Waals surface area contributed by atoms with Gasteiger partial charge < -0.3 is 11.1 Å². The van der Waals surface area contributed by atoms with Gasteiger partial charge in [-0.25, -0.2) is 0 Å². The number of para-hydroxylation sites is 1. The summed E-state index contributed by atoms with van der Waals surface area (Å²) in [6.45, 7) is 0.761. The van der Waals surface area contributed by atoms with Crippen molar-refractivity contribution in [1.29, 1.82) is 0 Å². The van der Waals surface area contributed by atoms with Gasteiger partial charge in [0.15, 0.2) is 0 Å². The van der Waals surface area contributed by atoms with Gasteiger partial charge >= 0.3 is 0 Å². The van der Waals surface area contributed by atoms with Gasteiger partial charge in [0.1, 0.15) is 0 Å². The topological polar surface area (TPSA) is 98.7 Å². The summed E-state index contributed by atoms with van der Waals surface area (Å²) in [6, 6.07) is 9.24. The van der Waals surface area contributed by atoms with E-state index in [0.29, 0.717) is 13.1 Å². The van der Waals surface area contributed by atoms with Crippen LogP contribution in [0.2, 0.25) is 0 Å². The number of nitrogens with zero attached hydrogens (tertiary/aromatic N) is 4. The maximum absolute atomic E-state index is 11.5. The normalized spacial score (nSPS) is 10.2. The second-order valence-corrected chi connectivity index (χ2v) is 3.28. The van der Waals surface area contributed by atoms with Gasteiger partial charge in [0, 0.05) is 13.1 Å².